The minimum atomic E-state index is 0. The zero-order chi connectivity index (χ0) is 0. The molecule has 11 heteroatoms. The first-order chi connectivity index (χ1) is 0. The van der Waals surface area contributed by atoms with Crippen molar-refractivity contribution in [2.45, 2.75) is 0 Å². The minimum Gasteiger partial charge on any atom is 5.00 e. The van der Waals surface area contributed by atoms with E-state index in [1.54, 1.807) is 0 Å². The van der Waals surface area contributed by atoms with Crippen molar-refractivity contribution in [3.8, 4) is 0 Å². The van der Waals surface area contributed by atoms with E-state index in [0.717, 1.165) is 0 Å². The van der Waals surface area contributed by atoms with E-state index in [0.29, 0.717) is 0 Å². The van der Waals surface area contributed by atoms with Crippen molar-refractivity contribution in [3.63, 3.8) is 0 Å². The number of hydrogen-bond acceptors (Lipinski definition) is 0. The van der Waals surface area contributed by atoms with Gasteiger partial charge in [0.2, 0.25) is 0 Å². The molecule has 0 aliphatic heterocycles. The van der Waals surface area contributed by atoms with E-state index in [9.17, 15) is 0 Å². The molecule has 11 heavy (non-hydrogen) atoms. The Kier molecular flexibility index (Phi) is 3010. The molecule has 2 unspecified atom stereocenters. The summed E-state index contributed by atoms with van der Waals surface area (Å²) in [6.07, 6.45) is 0. The first-order valence-corrected chi connectivity index (χ1v) is 0. The zero-order valence-corrected chi connectivity index (χ0v) is 22.4. The molecule has 0 saturated heterocycles. The van der Waals surface area contributed by atoms with E-state index in [1.165, 1.54) is 0 Å². The number of hydrogen-bond donors (Lipinski definition) is 0. The van der Waals surface area contributed by atoms with Gasteiger partial charge in [0.1, 0.15) is 0 Å². The Balaban J connectivity index is 0. The molecule has 68 valence electrons. The Bertz CT molecular complexity index is 20.4. The van der Waals surface area contributed by atoms with Crippen molar-refractivity contribution >= 4 is 74.4 Å². The van der Waals surface area contributed by atoms with Gasteiger partial charge in [0.25, 0.3) is 0 Å². The molecule has 0 amide bonds. The van der Waals surface area contributed by atoms with Crippen LogP contribution in [0.15, 0.2) is 0 Å². The molecular weight excluding hydrogens is 658 g/mol. The Hall–Kier alpha value is 3.67. The molecule has 2 atom stereocenters. The van der Waals surface area contributed by atoms with Crippen molar-refractivity contribution in [2.24, 2.45) is 0 Å². The van der Waals surface area contributed by atoms with Crippen molar-refractivity contribution in [1.82, 2.24) is 0 Å². The third-order valence-electron chi connectivity index (χ3n) is 0. The molecule has 0 aliphatic rings. The third kappa shape index (κ3) is 138. The van der Waals surface area contributed by atoms with Gasteiger partial charge in [-0.05, 0) is 0 Å². The molecule has 0 heterocycles. The second-order valence-corrected chi connectivity index (χ2v) is 0. The summed E-state index contributed by atoms with van der Waals surface area (Å²) in [6.45, 7) is 0. The van der Waals surface area contributed by atoms with Crippen molar-refractivity contribution < 1.29 is 64.5 Å². The number of rotatable bonds is 0. The predicted molar refractivity (Wildman–Crippen MR) is 42.7 cm³/mol. The maximum Gasteiger partial charge on any atom is 5.00 e. The molecule has 0 fully saturated rings. The maximum atomic E-state index is 0. The second-order valence-electron chi connectivity index (χ2n) is 0. The standard InChI is InChI=1S/5O.2H3P.2Pb.2V.4H/h;;;;;2*1H3;;;;;;;;/q5*-2;;;;;2*+5;;;;. The molecule has 0 saturated carbocycles. The Morgan fingerprint density at radius 1 is 0.364 bits per heavy atom. The van der Waals surface area contributed by atoms with Crippen LogP contribution >= 0.6 is 19.8 Å². The fourth-order valence-corrected chi connectivity index (χ4v) is 0. The van der Waals surface area contributed by atoms with Crippen LogP contribution in [0.2, 0.25) is 0 Å². The third-order valence-corrected chi connectivity index (χ3v) is 0. The van der Waals surface area contributed by atoms with Crippen molar-refractivity contribution in [1.29, 1.82) is 0 Å². The fourth-order valence-electron chi connectivity index (χ4n) is 0. The predicted octanol–water partition coefficient (Wildman–Crippen LogP) is -2.32. The topological polar surface area (TPSA) is 142 Å². The Labute approximate surface area is 137 Å². The first kappa shape index (κ1) is 203. The van der Waals surface area contributed by atoms with Crippen LogP contribution in [0.25, 0.3) is 0 Å². The molecular formula is H10O5P2Pb2V2. The van der Waals surface area contributed by atoms with E-state index in [1.807, 2.05) is 0 Å². The summed E-state index contributed by atoms with van der Waals surface area (Å²) in [6, 6.07) is 0. The summed E-state index contributed by atoms with van der Waals surface area (Å²) >= 11 is 0. The summed E-state index contributed by atoms with van der Waals surface area (Å²) in [5.74, 6) is 0. The molecule has 4 radical (unpaired) electrons. The van der Waals surface area contributed by atoms with Gasteiger partial charge >= 0.3 is 91.7 Å². The quantitative estimate of drug-likeness (QED) is 0.202. The van der Waals surface area contributed by atoms with Gasteiger partial charge in [0.15, 0.2) is 0 Å². The van der Waals surface area contributed by atoms with Gasteiger partial charge in [-0.25, -0.2) is 0 Å². The van der Waals surface area contributed by atoms with E-state index in [-0.39, 0.29) is 139 Å². The second kappa shape index (κ2) is 163. The molecule has 0 rings (SSSR count). The van der Waals surface area contributed by atoms with Crippen LogP contribution < -0.4 is 0 Å². The summed E-state index contributed by atoms with van der Waals surface area (Å²) in [5, 5.41) is 0. The van der Waals surface area contributed by atoms with Crippen LogP contribution in [0.1, 0.15) is 0 Å². The summed E-state index contributed by atoms with van der Waals surface area (Å²) in [7, 11) is 0. The van der Waals surface area contributed by atoms with Crippen LogP contribution in [-0.2, 0) is 64.5 Å². The Morgan fingerprint density at radius 3 is 0.364 bits per heavy atom. The van der Waals surface area contributed by atoms with Gasteiger partial charge in [0, 0.05) is 0 Å². The smallest absolute Gasteiger partial charge is 5.00 e. The molecule has 0 N–H and O–H groups in total. The van der Waals surface area contributed by atoms with Gasteiger partial charge in [-0.3, -0.25) is 0 Å². The van der Waals surface area contributed by atoms with E-state index >= 15 is 0 Å². The van der Waals surface area contributed by atoms with E-state index in [2.05, 4.69) is 0 Å². The van der Waals surface area contributed by atoms with Crippen LogP contribution in [0.3, 0.4) is 0 Å². The fraction of sp³-hybridized carbons (Fsp3) is 0. The van der Waals surface area contributed by atoms with E-state index < -0.39 is 0 Å². The summed E-state index contributed by atoms with van der Waals surface area (Å²) in [5.41, 5.74) is 0. The monoisotopic (exact) mass is 670 g/mol. The Morgan fingerprint density at radius 2 is 0.364 bits per heavy atom. The van der Waals surface area contributed by atoms with Gasteiger partial charge in [-0.15, -0.1) is 0 Å². The van der Waals surface area contributed by atoms with Crippen molar-refractivity contribution in [2.75, 3.05) is 0 Å². The largest absolute Gasteiger partial charge is 5.00 e. The first-order valence-electron chi connectivity index (χ1n) is 0. The van der Waals surface area contributed by atoms with Crippen LogP contribution in [0.4, 0.5) is 0 Å². The summed E-state index contributed by atoms with van der Waals surface area (Å²) < 4.78 is 0. The molecule has 0 aliphatic carbocycles. The van der Waals surface area contributed by atoms with Crippen molar-refractivity contribution in [3.05, 3.63) is 0 Å². The zero-order valence-electron chi connectivity index (χ0n) is 5.76. The normalized spacial score (nSPS) is 0. The molecule has 0 spiro atoms. The van der Waals surface area contributed by atoms with E-state index in [4.69, 9.17) is 0 Å². The van der Waals surface area contributed by atoms with Crippen LogP contribution in [-0.4, -0.2) is 54.6 Å². The SMILES string of the molecule is P.P.[O-2].[O-2].[O-2].[O-2].[O-2].[PbH2].[PbH2].[V+5].[V+5]. The average Bonchev–Trinajstić information content (AvgIpc) is 0. The van der Waals surface area contributed by atoms with Crippen LogP contribution in [0, 0.1) is 0 Å². The molecule has 5 nitrogen and oxygen atoms in total. The van der Waals surface area contributed by atoms with Gasteiger partial charge in [-0.1, -0.05) is 0 Å². The molecule has 0 aromatic rings. The molecule has 0 aromatic heterocycles. The van der Waals surface area contributed by atoms with Gasteiger partial charge < -0.3 is 27.4 Å². The van der Waals surface area contributed by atoms with Gasteiger partial charge in [-0.2, -0.15) is 19.8 Å². The summed E-state index contributed by atoms with van der Waals surface area (Å²) in [4.78, 5) is 0. The maximum absolute atomic E-state index is 0. The van der Waals surface area contributed by atoms with Crippen LogP contribution in [0.5, 0.6) is 0 Å². The minimum absolute atomic E-state index is 0. The molecule has 0 aromatic carbocycles. The van der Waals surface area contributed by atoms with Gasteiger partial charge in [0.05, 0.1) is 0 Å². The average molecular weight is 668 g/mol. The molecule has 0 bridgehead atoms.